The minimum absolute atomic E-state index is 0.274. The summed E-state index contributed by atoms with van der Waals surface area (Å²) in [7, 11) is 0. The van der Waals surface area contributed by atoms with Gasteiger partial charge in [-0.1, -0.05) is 40.9 Å². The molecule has 6 nitrogen and oxygen atoms in total. The zero-order valence-electron chi connectivity index (χ0n) is 14.6. The Hall–Kier alpha value is -2.54. The number of carbonyl (C=O) groups is 1. The first-order valence-electron chi connectivity index (χ1n) is 8.33. The summed E-state index contributed by atoms with van der Waals surface area (Å²) in [6.45, 7) is 1.82. The van der Waals surface area contributed by atoms with Gasteiger partial charge in [0.1, 0.15) is 12.4 Å². The van der Waals surface area contributed by atoms with Crippen LogP contribution in [0.15, 0.2) is 60.1 Å². The van der Waals surface area contributed by atoms with Gasteiger partial charge in [-0.2, -0.15) is 10.1 Å². The van der Waals surface area contributed by atoms with Crippen molar-refractivity contribution in [2.24, 2.45) is 0 Å². The molecule has 1 aliphatic rings. The molecule has 3 aromatic rings. The summed E-state index contributed by atoms with van der Waals surface area (Å²) < 4.78 is 1.64. The van der Waals surface area contributed by atoms with E-state index >= 15 is 0 Å². The van der Waals surface area contributed by atoms with Crippen LogP contribution < -0.4 is 10.6 Å². The third-order valence-electron chi connectivity index (χ3n) is 4.40. The lowest BCUT2D eigenvalue weighted by Crippen LogP contribution is -2.31. The predicted octanol–water partition coefficient (Wildman–Crippen LogP) is 5.17. The Balaban J connectivity index is 1.77. The Morgan fingerprint density at radius 1 is 1.11 bits per heavy atom. The highest BCUT2D eigenvalue weighted by Crippen LogP contribution is 2.37. The van der Waals surface area contributed by atoms with Crippen LogP contribution in [0.5, 0.6) is 0 Å². The number of anilines is 2. The smallest absolute Gasteiger partial charge is 0.255 e. The number of benzene rings is 2. The van der Waals surface area contributed by atoms with Crippen LogP contribution in [0.4, 0.5) is 11.6 Å². The molecule has 0 unspecified atom stereocenters. The van der Waals surface area contributed by atoms with E-state index in [0.717, 1.165) is 5.56 Å². The monoisotopic (exact) mass is 433 g/mol. The minimum atomic E-state index is -0.513. The van der Waals surface area contributed by atoms with Crippen molar-refractivity contribution in [1.29, 1.82) is 0 Å². The molecular weight excluding hydrogens is 421 g/mol. The van der Waals surface area contributed by atoms with Gasteiger partial charge >= 0.3 is 0 Å². The van der Waals surface area contributed by atoms with E-state index in [4.69, 9.17) is 34.8 Å². The van der Waals surface area contributed by atoms with Crippen LogP contribution in [0.1, 0.15) is 18.5 Å². The molecule has 0 saturated heterocycles. The lowest BCUT2D eigenvalue weighted by molar-refractivity contribution is -0.113. The van der Waals surface area contributed by atoms with Crippen LogP contribution in [0.2, 0.25) is 15.1 Å². The maximum Gasteiger partial charge on any atom is 0.255 e. The van der Waals surface area contributed by atoms with E-state index in [1.807, 2.05) is 13.0 Å². The summed E-state index contributed by atoms with van der Waals surface area (Å²) in [5, 5.41) is 11.7. The zero-order chi connectivity index (χ0) is 19.8. The van der Waals surface area contributed by atoms with Gasteiger partial charge in [-0.3, -0.25) is 4.79 Å². The van der Waals surface area contributed by atoms with Crippen molar-refractivity contribution in [3.05, 3.63) is 80.7 Å². The molecule has 142 valence electrons. The van der Waals surface area contributed by atoms with Gasteiger partial charge in [0, 0.05) is 16.4 Å². The molecule has 1 amide bonds. The third kappa shape index (κ3) is 3.46. The molecule has 0 spiro atoms. The van der Waals surface area contributed by atoms with E-state index in [2.05, 4.69) is 20.7 Å². The van der Waals surface area contributed by atoms with Crippen molar-refractivity contribution in [2.75, 3.05) is 10.6 Å². The Morgan fingerprint density at radius 2 is 1.86 bits per heavy atom. The number of allylic oxidation sites excluding steroid dienone is 1. The average Bonchev–Trinajstić information content (AvgIpc) is 3.12. The molecule has 0 bridgehead atoms. The van der Waals surface area contributed by atoms with Gasteiger partial charge in [0.15, 0.2) is 0 Å². The molecule has 9 heteroatoms. The molecule has 0 radical (unpaired) electrons. The van der Waals surface area contributed by atoms with Crippen LogP contribution >= 0.6 is 34.8 Å². The number of nitrogens with one attached hydrogen (secondary N) is 2. The van der Waals surface area contributed by atoms with E-state index in [1.165, 1.54) is 6.33 Å². The molecule has 28 heavy (non-hydrogen) atoms. The van der Waals surface area contributed by atoms with Crippen LogP contribution in [-0.4, -0.2) is 20.7 Å². The first kappa shape index (κ1) is 18.8. The average molecular weight is 435 g/mol. The van der Waals surface area contributed by atoms with Crippen LogP contribution in [-0.2, 0) is 4.79 Å². The van der Waals surface area contributed by atoms with Crippen LogP contribution in [0, 0.1) is 0 Å². The second-order valence-corrected chi connectivity index (χ2v) is 7.48. The number of hydrogen-bond acceptors (Lipinski definition) is 4. The molecular formula is C19H14Cl3N5O. The molecule has 0 aliphatic carbocycles. The minimum Gasteiger partial charge on any atom is -0.328 e. The fourth-order valence-electron chi connectivity index (χ4n) is 3.11. The highest BCUT2D eigenvalue weighted by Gasteiger charge is 2.33. The molecule has 2 aromatic carbocycles. The normalized spacial score (nSPS) is 15.8. The van der Waals surface area contributed by atoms with Crippen molar-refractivity contribution in [3.8, 4) is 0 Å². The Labute approximate surface area is 176 Å². The van der Waals surface area contributed by atoms with E-state index in [-0.39, 0.29) is 5.91 Å². The van der Waals surface area contributed by atoms with Gasteiger partial charge in [-0.15, -0.1) is 0 Å². The number of aromatic nitrogens is 3. The Bertz CT molecular complexity index is 1090. The van der Waals surface area contributed by atoms with E-state index in [0.29, 0.717) is 38.0 Å². The summed E-state index contributed by atoms with van der Waals surface area (Å²) in [4.78, 5) is 17.4. The molecule has 2 heterocycles. The zero-order valence-corrected chi connectivity index (χ0v) is 16.8. The van der Waals surface area contributed by atoms with Gasteiger partial charge in [-0.25, -0.2) is 4.68 Å². The van der Waals surface area contributed by atoms with Gasteiger partial charge in [0.25, 0.3) is 5.91 Å². The molecule has 1 aliphatic heterocycles. The largest absolute Gasteiger partial charge is 0.328 e. The first-order valence-corrected chi connectivity index (χ1v) is 9.46. The fourth-order valence-corrected chi connectivity index (χ4v) is 3.54. The number of halogens is 3. The SMILES string of the molecule is CC1=C(C(=O)Nc2ccc(Cl)cc2)[C@@H](c2ccc(Cl)c(Cl)c2)n2ncnc2N1. The first-order chi connectivity index (χ1) is 13.4. The van der Waals surface area contributed by atoms with Crippen LogP contribution in [0.3, 0.4) is 0 Å². The number of carbonyl (C=O) groups excluding carboxylic acids is 1. The van der Waals surface area contributed by atoms with E-state index in [1.54, 1.807) is 41.1 Å². The molecule has 0 saturated carbocycles. The topological polar surface area (TPSA) is 71.8 Å². The highest BCUT2D eigenvalue weighted by molar-refractivity contribution is 6.42. The molecule has 1 aromatic heterocycles. The van der Waals surface area contributed by atoms with Gasteiger partial charge in [0.05, 0.1) is 15.6 Å². The maximum atomic E-state index is 13.2. The van der Waals surface area contributed by atoms with Crippen LogP contribution in [0.25, 0.3) is 0 Å². The number of hydrogen-bond donors (Lipinski definition) is 2. The van der Waals surface area contributed by atoms with Gasteiger partial charge in [-0.05, 0) is 48.9 Å². The summed E-state index contributed by atoms with van der Waals surface area (Å²) in [6.07, 6.45) is 1.43. The Kier molecular flexibility index (Phi) is 5.02. The van der Waals surface area contributed by atoms with Crippen molar-refractivity contribution in [2.45, 2.75) is 13.0 Å². The van der Waals surface area contributed by atoms with Crippen molar-refractivity contribution >= 4 is 52.3 Å². The summed E-state index contributed by atoms with van der Waals surface area (Å²) in [5.74, 6) is 0.265. The quantitative estimate of drug-likeness (QED) is 0.597. The van der Waals surface area contributed by atoms with Gasteiger partial charge in [0.2, 0.25) is 5.95 Å². The number of nitrogens with zero attached hydrogens (tertiary/aromatic N) is 3. The fraction of sp³-hybridized carbons (Fsp3) is 0.105. The standard InChI is InChI=1S/C19H14Cl3N5O/c1-10-16(18(28)26-13-5-3-12(20)4-6-13)17(27-19(25-10)23-9-24-27)11-2-7-14(21)15(22)8-11/h2-9,17H,1H3,(H,26,28)(H,23,24,25)/t17-/m1/s1. The lowest BCUT2D eigenvalue weighted by atomic mass is 9.95. The predicted molar refractivity (Wildman–Crippen MR) is 111 cm³/mol. The molecule has 4 rings (SSSR count). The summed E-state index contributed by atoms with van der Waals surface area (Å²) in [6, 6.07) is 11.6. The maximum absolute atomic E-state index is 13.2. The van der Waals surface area contributed by atoms with Crippen molar-refractivity contribution in [1.82, 2.24) is 14.8 Å². The van der Waals surface area contributed by atoms with Crippen molar-refractivity contribution < 1.29 is 4.79 Å². The number of fused-ring (bicyclic) bond motifs is 1. The second-order valence-electron chi connectivity index (χ2n) is 6.23. The molecule has 2 N–H and O–H groups in total. The summed E-state index contributed by atoms with van der Waals surface area (Å²) in [5.41, 5.74) is 2.56. The van der Waals surface area contributed by atoms with E-state index in [9.17, 15) is 4.79 Å². The summed E-state index contributed by atoms with van der Waals surface area (Å²) >= 11 is 18.2. The Morgan fingerprint density at radius 3 is 2.57 bits per heavy atom. The van der Waals surface area contributed by atoms with E-state index < -0.39 is 6.04 Å². The molecule has 0 fully saturated rings. The second kappa shape index (κ2) is 7.47. The van der Waals surface area contributed by atoms with Crippen molar-refractivity contribution in [3.63, 3.8) is 0 Å². The number of rotatable bonds is 3. The molecule has 1 atom stereocenters. The number of amides is 1. The van der Waals surface area contributed by atoms with Gasteiger partial charge < -0.3 is 10.6 Å². The lowest BCUT2D eigenvalue weighted by Gasteiger charge is -2.29. The third-order valence-corrected chi connectivity index (χ3v) is 5.39. The highest BCUT2D eigenvalue weighted by atomic mass is 35.5.